The minimum absolute atomic E-state index is 0.161. The zero-order chi connectivity index (χ0) is 9.84. The molecule has 13 heavy (non-hydrogen) atoms. The van der Waals surface area contributed by atoms with E-state index in [2.05, 4.69) is 0 Å². The third kappa shape index (κ3) is 2.25. The summed E-state index contributed by atoms with van der Waals surface area (Å²) in [7, 11) is 0. The third-order valence-corrected chi connectivity index (χ3v) is 2.05. The van der Waals surface area contributed by atoms with Crippen LogP contribution in [0.3, 0.4) is 0 Å². The lowest BCUT2D eigenvalue weighted by Crippen LogP contribution is -2.29. The minimum atomic E-state index is -0.161. The van der Waals surface area contributed by atoms with Gasteiger partial charge in [-0.3, -0.25) is 4.79 Å². The van der Waals surface area contributed by atoms with Gasteiger partial charge in [0.1, 0.15) is 5.76 Å². The molecular formula is C9H12ClNO2. The summed E-state index contributed by atoms with van der Waals surface area (Å²) >= 11 is 5.58. The van der Waals surface area contributed by atoms with Crippen molar-refractivity contribution in [2.75, 3.05) is 12.5 Å². The molecule has 72 valence electrons. The smallest absolute Gasteiger partial charge is 0.290 e. The highest BCUT2D eigenvalue weighted by molar-refractivity contribution is 6.18. The summed E-state index contributed by atoms with van der Waals surface area (Å²) in [6, 6.07) is 3.61. The minimum Gasteiger partial charge on any atom is -0.456 e. The number of halogens is 1. The van der Waals surface area contributed by atoms with E-state index in [0.29, 0.717) is 12.3 Å². The second-order valence-corrected chi connectivity index (χ2v) is 2.93. The number of alkyl halides is 1. The third-order valence-electron chi connectivity index (χ3n) is 1.76. The fraction of sp³-hybridized carbons (Fsp3) is 0.444. The molecule has 0 aliphatic carbocycles. The van der Waals surface area contributed by atoms with Crippen molar-refractivity contribution in [1.29, 1.82) is 0 Å². The van der Waals surface area contributed by atoms with Gasteiger partial charge in [0.15, 0.2) is 5.76 Å². The largest absolute Gasteiger partial charge is 0.456 e. The van der Waals surface area contributed by atoms with Crippen LogP contribution in [0.25, 0.3) is 0 Å². The lowest BCUT2D eigenvalue weighted by molar-refractivity contribution is 0.0759. The summed E-state index contributed by atoms with van der Waals surface area (Å²) in [5.41, 5.74) is 0. The Morgan fingerprint density at radius 2 is 2.31 bits per heavy atom. The van der Waals surface area contributed by atoms with Gasteiger partial charge in [-0.2, -0.15) is 0 Å². The van der Waals surface area contributed by atoms with Crippen LogP contribution < -0.4 is 0 Å². The molecule has 0 aliphatic rings. The first-order valence-corrected chi connectivity index (χ1v) is 4.64. The van der Waals surface area contributed by atoms with Gasteiger partial charge in [0, 0.05) is 6.54 Å². The summed E-state index contributed by atoms with van der Waals surface area (Å²) in [5.74, 6) is 0.916. The average molecular weight is 202 g/mol. The molecule has 0 unspecified atom stereocenters. The van der Waals surface area contributed by atoms with Gasteiger partial charge in [-0.05, 0) is 26.0 Å². The number of carbonyl (C=O) groups excluding carboxylic acids is 1. The normalized spacial score (nSPS) is 10.1. The summed E-state index contributed by atoms with van der Waals surface area (Å²) in [6.45, 7) is 4.26. The lowest BCUT2D eigenvalue weighted by atomic mass is 10.4. The van der Waals surface area contributed by atoms with E-state index in [9.17, 15) is 4.79 Å². The number of amides is 1. The van der Waals surface area contributed by atoms with Crippen LogP contribution >= 0.6 is 11.6 Å². The standard InChI is InChI=1S/C9H12ClNO2/c1-3-11(6-10)9(12)8-5-4-7(2)13-8/h4-5H,3,6H2,1-2H3. The van der Waals surface area contributed by atoms with Crippen molar-refractivity contribution >= 4 is 17.5 Å². The predicted molar refractivity (Wildman–Crippen MR) is 50.9 cm³/mol. The second-order valence-electron chi connectivity index (χ2n) is 2.69. The van der Waals surface area contributed by atoms with Crippen LogP contribution in [0.1, 0.15) is 23.2 Å². The highest BCUT2D eigenvalue weighted by Gasteiger charge is 2.15. The molecule has 0 N–H and O–H groups in total. The molecule has 0 aliphatic heterocycles. The molecule has 0 spiro atoms. The Hall–Kier alpha value is -0.960. The van der Waals surface area contributed by atoms with Crippen LogP contribution in [0.2, 0.25) is 0 Å². The maximum Gasteiger partial charge on any atom is 0.290 e. The van der Waals surface area contributed by atoms with E-state index in [1.54, 1.807) is 19.1 Å². The molecule has 0 radical (unpaired) electrons. The SMILES string of the molecule is CCN(CCl)C(=O)c1ccc(C)o1. The fourth-order valence-electron chi connectivity index (χ4n) is 0.988. The van der Waals surface area contributed by atoms with Crippen molar-refractivity contribution in [3.05, 3.63) is 23.7 Å². The van der Waals surface area contributed by atoms with Gasteiger partial charge in [-0.15, -0.1) is 11.6 Å². The van der Waals surface area contributed by atoms with Crippen LogP contribution in [0.15, 0.2) is 16.5 Å². The van der Waals surface area contributed by atoms with E-state index < -0.39 is 0 Å². The molecule has 0 aromatic carbocycles. The van der Waals surface area contributed by atoms with Gasteiger partial charge < -0.3 is 9.32 Å². The molecule has 1 heterocycles. The van der Waals surface area contributed by atoms with Gasteiger partial charge in [0.2, 0.25) is 0 Å². The maximum absolute atomic E-state index is 11.6. The Balaban J connectivity index is 2.78. The molecule has 0 saturated heterocycles. The second kappa shape index (κ2) is 4.33. The van der Waals surface area contributed by atoms with Crippen LogP contribution in [0, 0.1) is 6.92 Å². The first-order chi connectivity index (χ1) is 6.19. The Bertz CT molecular complexity index is 292. The topological polar surface area (TPSA) is 33.5 Å². The van der Waals surface area contributed by atoms with E-state index in [0.717, 1.165) is 5.76 Å². The number of hydrogen-bond acceptors (Lipinski definition) is 2. The van der Waals surface area contributed by atoms with E-state index in [1.807, 2.05) is 6.92 Å². The summed E-state index contributed by atoms with van der Waals surface area (Å²) in [4.78, 5) is 13.1. The summed E-state index contributed by atoms with van der Waals surface area (Å²) < 4.78 is 5.18. The number of rotatable bonds is 3. The molecule has 1 rings (SSSR count). The van der Waals surface area contributed by atoms with Crippen molar-refractivity contribution in [3.8, 4) is 0 Å². The van der Waals surface area contributed by atoms with E-state index in [4.69, 9.17) is 16.0 Å². The van der Waals surface area contributed by atoms with E-state index in [-0.39, 0.29) is 11.9 Å². The van der Waals surface area contributed by atoms with Crippen molar-refractivity contribution in [2.24, 2.45) is 0 Å². The zero-order valence-electron chi connectivity index (χ0n) is 7.71. The Labute approximate surface area is 82.3 Å². The Kier molecular flexibility index (Phi) is 3.37. The van der Waals surface area contributed by atoms with E-state index >= 15 is 0 Å². The molecule has 0 fully saturated rings. The molecule has 0 saturated carbocycles. The Morgan fingerprint density at radius 1 is 1.62 bits per heavy atom. The van der Waals surface area contributed by atoms with Crippen molar-refractivity contribution < 1.29 is 9.21 Å². The van der Waals surface area contributed by atoms with Gasteiger partial charge in [0.05, 0.1) is 6.00 Å². The highest BCUT2D eigenvalue weighted by atomic mass is 35.5. The number of furan rings is 1. The molecule has 4 heteroatoms. The van der Waals surface area contributed by atoms with Crippen molar-refractivity contribution in [2.45, 2.75) is 13.8 Å². The molecule has 1 aromatic heterocycles. The number of nitrogens with zero attached hydrogens (tertiary/aromatic N) is 1. The summed E-state index contributed by atoms with van der Waals surface area (Å²) in [5, 5.41) is 0. The predicted octanol–water partition coefficient (Wildman–Crippen LogP) is 2.25. The number of carbonyl (C=O) groups is 1. The number of aryl methyl sites for hydroxylation is 1. The van der Waals surface area contributed by atoms with Crippen molar-refractivity contribution in [1.82, 2.24) is 4.90 Å². The molecule has 0 bridgehead atoms. The lowest BCUT2D eigenvalue weighted by Gasteiger charge is -2.15. The molecular weight excluding hydrogens is 190 g/mol. The van der Waals surface area contributed by atoms with E-state index in [1.165, 1.54) is 4.90 Å². The molecule has 1 amide bonds. The number of hydrogen-bond donors (Lipinski definition) is 0. The Morgan fingerprint density at radius 3 is 2.69 bits per heavy atom. The summed E-state index contributed by atoms with van der Waals surface area (Å²) in [6.07, 6.45) is 0. The van der Waals surface area contributed by atoms with Crippen LogP contribution in [0.4, 0.5) is 0 Å². The van der Waals surface area contributed by atoms with Gasteiger partial charge in [0.25, 0.3) is 5.91 Å². The zero-order valence-corrected chi connectivity index (χ0v) is 8.47. The molecule has 1 aromatic rings. The maximum atomic E-state index is 11.6. The van der Waals surface area contributed by atoms with Crippen molar-refractivity contribution in [3.63, 3.8) is 0 Å². The highest BCUT2D eigenvalue weighted by Crippen LogP contribution is 2.09. The quantitative estimate of drug-likeness (QED) is 0.555. The fourth-order valence-corrected chi connectivity index (χ4v) is 1.27. The molecule has 0 atom stereocenters. The van der Waals surface area contributed by atoms with Crippen LogP contribution in [0.5, 0.6) is 0 Å². The van der Waals surface area contributed by atoms with Crippen LogP contribution in [-0.2, 0) is 0 Å². The van der Waals surface area contributed by atoms with Gasteiger partial charge in [-0.25, -0.2) is 0 Å². The monoisotopic (exact) mass is 201 g/mol. The first-order valence-electron chi connectivity index (χ1n) is 4.10. The molecule has 3 nitrogen and oxygen atoms in total. The van der Waals surface area contributed by atoms with Gasteiger partial charge >= 0.3 is 0 Å². The average Bonchev–Trinajstić information content (AvgIpc) is 2.54. The van der Waals surface area contributed by atoms with Crippen LogP contribution in [-0.4, -0.2) is 23.4 Å². The first kappa shape index (κ1) is 10.1. The van der Waals surface area contributed by atoms with Gasteiger partial charge in [-0.1, -0.05) is 0 Å².